The lowest BCUT2D eigenvalue weighted by molar-refractivity contribution is 0.0377. The lowest BCUT2D eigenvalue weighted by atomic mass is 9.72. The van der Waals surface area contributed by atoms with Gasteiger partial charge in [-0.25, -0.2) is 4.79 Å². The van der Waals surface area contributed by atoms with Gasteiger partial charge in [0.2, 0.25) is 0 Å². The van der Waals surface area contributed by atoms with Crippen molar-refractivity contribution in [3.8, 4) is 0 Å². The smallest absolute Gasteiger partial charge is 0.408 e. The Hall–Kier alpha value is -1.71. The van der Waals surface area contributed by atoms with Gasteiger partial charge in [0, 0.05) is 12.7 Å². The minimum Gasteiger partial charge on any atom is -0.444 e. The molecule has 1 amide bonds. The molecule has 2 rings (SSSR count). The number of carbonyl (C=O) groups is 1. The summed E-state index contributed by atoms with van der Waals surface area (Å²) in [6, 6.07) is 8.21. The zero-order valence-electron chi connectivity index (χ0n) is 12.7. The third-order valence-electron chi connectivity index (χ3n) is 3.67. The third-order valence-corrected chi connectivity index (χ3v) is 3.67. The quantitative estimate of drug-likeness (QED) is 0.886. The summed E-state index contributed by atoms with van der Waals surface area (Å²) in [5.41, 5.74) is 1.49. The molecule has 1 aromatic rings. The van der Waals surface area contributed by atoms with E-state index < -0.39 is 5.60 Å². The number of rotatable bonds is 3. The van der Waals surface area contributed by atoms with E-state index in [0.29, 0.717) is 0 Å². The van der Waals surface area contributed by atoms with Gasteiger partial charge >= 0.3 is 6.09 Å². The van der Waals surface area contributed by atoms with Gasteiger partial charge < -0.3 is 15.4 Å². The summed E-state index contributed by atoms with van der Waals surface area (Å²) in [7, 11) is 1.90. The Kier molecular flexibility index (Phi) is 3.93. The molecule has 1 aliphatic carbocycles. The summed E-state index contributed by atoms with van der Waals surface area (Å²) in [4.78, 5) is 12.0. The first-order chi connectivity index (χ1) is 9.35. The molecule has 4 nitrogen and oxygen atoms in total. The Morgan fingerprint density at radius 1 is 1.20 bits per heavy atom. The van der Waals surface area contributed by atoms with Gasteiger partial charge in [0.05, 0.1) is 5.54 Å². The molecule has 0 aromatic heterocycles. The minimum atomic E-state index is -0.467. The summed E-state index contributed by atoms with van der Waals surface area (Å²) in [5, 5.41) is 6.16. The molecule has 1 aliphatic rings. The van der Waals surface area contributed by atoms with Crippen LogP contribution in [0.2, 0.25) is 0 Å². The Morgan fingerprint density at radius 3 is 2.20 bits per heavy atom. The van der Waals surface area contributed by atoms with Crippen molar-refractivity contribution in [1.82, 2.24) is 5.32 Å². The lowest BCUT2D eigenvalue weighted by Crippen LogP contribution is -2.52. The fourth-order valence-electron chi connectivity index (χ4n) is 2.47. The SMILES string of the molecule is CNc1ccc(C2(NC(=O)OC(C)(C)C)CCC2)cc1. The Labute approximate surface area is 120 Å². The predicted octanol–water partition coefficient (Wildman–Crippen LogP) is 3.63. The van der Waals surface area contributed by atoms with Gasteiger partial charge in [-0.1, -0.05) is 12.1 Å². The van der Waals surface area contributed by atoms with E-state index in [1.807, 2.05) is 40.0 Å². The highest BCUT2D eigenvalue weighted by Crippen LogP contribution is 2.41. The van der Waals surface area contributed by atoms with E-state index >= 15 is 0 Å². The summed E-state index contributed by atoms with van der Waals surface area (Å²) >= 11 is 0. The van der Waals surface area contributed by atoms with Crippen LogP contribution in [-0.2, 0) is 10.3 Å². The molecular weight excluding hydrogens is 252 g/mol. The molecule has 0 spiro atoms. The van der Waals surface area contributed by atoms with E-state index in [2.05, 4.69) is 22.8 Å². The largest absolute Gasteiger partial charge is 0.444 e. The van der Waals surface area contributed by atoms with Crippen LogP contribution in [0, 0.1) is 0 Å². The number of nitrogens with one attached hydrogen (secondary N) is 2. The minimum absolute atomic E-state index is 0.255. The van der Waals surface area contributed by atoms with Crippen LogP contribution in [-0.4, -0.2) is 18.7 Å². The maximum atomic E-state index is 12.0. The van der Waals surface area contributed by atoms with Crippen LogP contribution in [0.3, 0.4) is 0 Å². The zero-order valence-corrected chi connectivity index (χ0v) is 12.7. The first kappa shape index (κ1) is 14.7. The van der Waals surface area contributed by atoms with E-state index in [1.165, 1.54) is 0 Å². The fourth-order valence-corrected chi connectivity index (χ4v) is 2.47. The normalized spacial score (nSPS) is 17.0. The first-order valence-electron chi connectivity index (χ1n) is 7.14. The standard InChI is InChI=1S/C16H24N2O2/c1-15(2,3)20-14(19)18-16(10-5-11-16)12-6-8-13(17-4)9-7-12/h6-9,17H,5,10-11H2,1-4H3,(H,18,19). The van der Waals surface area contributed by atoms with Crippen LogP contribution in [0.15, 0.2) is 24.3 Å². The second-order valence-corrected chi connectivity index (χ2v) is 6.39. The van der Waals surface area contributed by atoms with Gasteiger partial charge in [0.25, 0.3) is 0 Å². The maximum absolute atomic E-state index is 12.0. The Morgan fingerprint density at radius 2 is 1.80 bits per heavy atom. The van der Waals surface area contributed by atoms with Gasteiger partial charge in [-0.2, -0.15) is 0 Å². The van der Waals surface area contributed by atoms with Crippen molar-refractivity contribution in [2.24, 2.45) is 0 Å². The second kappa shape index (κ2) is 5.35. The molecule has 0 radical (unpaired) electrons. The molecule has 2 N–H and O–H groups in total. The first-order valence-corrected chi connectivity index (χ1v) is 7.14. The molecule has 0 heterocycles. The topological polar surface area (TPSA) is 50.4 Å². The number of hydrogen-bond donors (Lipinski definition) is 2. The summed E-state index contributed by atoms with van der Waals surface area (Å²) in [6.45, 7) is 5.63. The highest BCUT2D eigenvalue weighted by Gasteiger charge is 2.41. The van der Waals surface area contributed by atoms with Gasteiger partial charge in [0.1, 0.15) is 5.60 Å². The second-order valence-electron chi connectivity index (χ2n) is 6.39. The van der Waals surface area contributed by atoms with E-state index in [-0.39, 0.29) is 11.6 Å². The van der Waals surface area contributed by atoms with Crippen molar-refractivity contribution in [3.05, 3.63) is 29.8 Å². The van der Waals surface area contributed by atoms with Crippen molar-refractivity contribution in [3.63, 3.8) is 0 Å². The molecular formula is C16H24N2O2. The summed E-state index contributed by atoms with van der Waals surface area (Å²) in [6.07, 6.45) is 2.72. The highest BCUT2D eigenvalue weighted by molar-refractivity contribution is 5.69. The molecule has 0 atom stereocenters. The highest BCUT2D eigenvalue weighted by atomic mass is 16.6. The number of benzene rings is 1. The predicted molar refractivity (Wildman–Crippen MR) is 80.9 cm³/mol. The van der Waals surface area contributed by atoms with Crippen LogP contribution in [0.25, 0.3) is 0 Å². The maximum Gasteiger partial charge on any atom is 0.408 e. The molecule has 1 aromatic carbocycles. The molecule has 1 saturated carbocycles. The van der Waals surface area contributed by atoms with Crippen LogP contribution in [0.1, 0.15) is 45.6 Å². The molecule has 110 valence electrons. The molecule has 1 fully saturated rings. The van der Waals surface area contributed by atoms with E-state index in [0.717, 1.165) is 30.5 Å². The van der Waals surface area contributed by atoms with Crippen molar-refractivity contribution >= 4 is 11.8 Å². The van der Waals surface area contributed by atoms with E-state index in [4.69, 9.17) is 4.74 Å². The molecule has 0 unspecified atom stereocenters. The van der Waals surface area contributed by atoms with Gasteiger partial charge in [-0.15, -0.1) is 0 Å². The number of alkyl carbamates (subject to hydrolysis) is 1. The fraction of sp³-hybridized carbons (Fsp3) is 0.562. The van der Waals surface area contributed by atoms with Crippen molar-refractivity contribution in [1.29, 1.82) is 0 Å². The third kappa shape index (κ3) is 3.24. The van der Waals surface area contributed by atoms with Crippen LogP contribution < -0.4 is 10.6 Å². The number of carbonyl (C=O) groups excluding carboxylic acids is 1. The average Bonchev–Trinajstić information content (AvgIpc) is 2.32. The van der Waals surface area contributed by atoms with Crippen LogP contribution in [0.4, 0.5) is 10.5 Å². The molecule has 4 heteroatoms. The van der Waals surface area contributed by atoms with E-state index in [9.17, 15) is 4.79 Å². The van der Waals surface area contributed by atoms with Gasteiger partial charge in [-0.3, -0.25) is 0 Å². The monoisotopic (exact) mass is 276 g/mol. The van der Waals surface area contributed by atoms with E-state index in [1.54, 1.807) is 0 Å². The average molecular weight is 276 g/mol. The molecule has 0 saturated heterocycles. The van der Waals surface area contributed by atoms with Crippen molar-refractivity contribution in [2.75, 3.05) is 12.4 Å². The molecule has 20 heavy (non-hydrogen) atoms. The van der Waals surface area contributed by atoms with Gasteiger partial charge in [-0.05, 0) is 57.7 Å². The summed E-state index contributed by atoms with van der Waals surface area (Å²) in [5.74, 6) is 0. The summed E-state index contributed by atoms with van der Waals surface area (Å²) < 4.78 is 5.37. The number of amides is 1. The molecule has 0 bridgehead atoms. The molecule has 0 aliphatic heterocycles. The van der Waals surface area contributed by atoms with Crippen molar-refractivity contribution in [2.45, 2.75) is 51.2 Å². The zero-order chi connectivity index (χ0) is 14.8. The van der Waals surface area contributed by atoms with Crippen LogP contribution >= 0.6 is 0 Å². The number of ether oxygens (including phenoxy) is 1. The van der Waals surface area contributed by atoms with Crippen LogP contribution in [0.5, 0.6) is 0 Å². The number of hydrogen-bond acceptors (Lipinski definition) is 3. The van der Waals surface area contributed by atoms with Crippen molar-refractivity contribution < 1.29 is 9.53 Å². The lowest BCUT2D eigenvalue weighted by Gasteiger charge is -2.43. The Bertz CT molecular complexity index is 470. The number of anilines is 1. The Balaban J connectivity index is 2.11. The van der Waals surface area contributed by atoms with Gasteiger partial charge in [0.15, 0.2) is 0 Å².